The first-order chi connectivity index (χ1) is 12.2. The zero-order chi connectivity index (χ0) is 18.9. The van der Waals surface area contributed by atoms with Crippen molar-refractivity contribution in [2.45, 2.75) is 19.6 Å². The lowest BCUT2D eigenvalue weighted by atomic mass is 9.96. The Morgan fingerprint density at radius 2 is 2.04 bits per heavy atom. The van der Waals surface area contributed by atoms with Gasteiger partial charge in [0.05, 0.1) is 17.5 Å². The van der Waals surface area contributed by atoms with Crippen molar-refractivity contribution in [1.29, 1.82) is 0 Å². The number of hydrogen-bond acceptors (Lipinski definition) is 5. The molecule has 1 aliphatic heterocycles. The van der Waals surface area contributed by atoms with Gasteiger partial charge in [-0.25, -0.2) is 4.98 Å². The van der Waals surface area contributed by atoms with Gasteiger partial charge in [0.2, 0.25) is 0 Å². The second kappa shape index (κ2) is 7.24. The molecule has 1 fully saturated rings. The molecule has 0 unspecified atom stereocenters. The number of thiazole rings is 1. The van der Waals surface area contributed by atoms with Crippen LogP contribution in [-0.4, -0.2) is 40.2 Å². The molecule has 0 amide bonds. The number of nitrogens with zero attached hydrogens (tertiary/aromatic N) is 2. The predicted octanol–water partition coefficient (Wildman–Crippen LogP) is 3.89. The molecule has 26 heavy (non-hydrogen) atoms. The number of benzene rings is 1. The number of carboxylic acid groups (broad SMARTS) is 1. The Kier molecular flexibility index (Phi) is 5.19. The minimum absolute atomic E-state index is 0.127. The van der Waals surface area contributed by atoms with E-state index in [0.717, 1.165) is 11.3 Å². The Labute approximate surface area is 152 Å². The molecule has 1 saturated heterocycles. The molecule has 2 N–H and O–H groups in total. The molecule has 3 rings (SSSR count). The zero-order valence-corrected chi connectivity index (χ0v) is 14.8. The lowest BCUT2D eigenvalue weighted by molar-refractivity contribution is -0.188. The SMILES string of the molecule is Cc1ccc(Nc2nc(CN3C[C@@H](C(F)(F)F)[C@H](C(=O)O)C3)cs2)cc1. The van der Waals surface area contributed by atoms with Crippen LogP contribution in [-0.2, 0) is 11.3 Å². The Bertz CT molecular complexity index is 776. The Morgan fingerprint density at radius 3 is 2.62 bits per heavy atom. The van der Waals surface area contributed by atoms with Crippen LogP contribution < -0.4 is 5.32 Å². The highest BCUT2D eigenvalue weighted by molar-refractivity contribution is 7.13. The third kappa shape index (κ3) is 4.34. The Hall–Kier alpha value is -2.13. The van der Waals surface area contributed by atoms with Crippen LogP contribution in [0.25, 0.3) is 0 Å². The average Bonchev–Trinajstić information content (AvgIpc) is 3.17. The van der Waals surface area contributed by atoms with E-state index in [2.05, 4.69) is 10.3 Å². The number of rotatable bonds is 5. The highest BCUT2D eigenvalue weighted by Crippen LogP contribution is 2.38. The van der Waals surface area contributed by atoms with Gasteiger partial charge in [-0.15, -0.1) is 11.3 Å². The van der Waals surface area contributed by atoms with Crippen molar-refractivity contribution in [2.75, 3.05) is 18.4 Å². The molecule has 0 radical (unpaired) electrons. The van der Waals surface area contributed by atoms with E-state index in [1.165, 1.54) is 16.2 Å². The van der Waals surface area contributed by atoms with Crippen molar-refractivity contribution in [1.82, 2.24) is 9.88 Å². The Balaban J connectivity index is 1.64. The van der Waals surface area contributed by atoms with E-state index < -0.39 is 24.0 Å². The molecule has 5 nitrogen and oxygen atoms in total. The van der Waals surface area contributed by atoms with Gasteiger partial charge >= 0.3 is 12.1 Å². The largest absolute Gasteiger partial charge is 0.481 e. The van der Waals surface area contributed by atoms with Crippen LogP contribution in [0.1, 0.15) is 11.3 Å². The molecule has 0 saturated carbocycles. The third-order valence-electron chi connectivity index (χ3n) is 4.37. The van der Waals surface area contributed by atoms with Gasteiger partial charge in [-0.1, -0.05) is 17.7 Å². The smallest absolute Gasteiger partial charge is 0.393 e. The summed E-state index contributed by atoms with van der Waals surface area (Å²) >= 11 is 1.36. The summed E-state index contributed by atoms with van der Waals surface area (Å²) < 4.78 is 39.1. The van der Waals surface area contributed by atoms with Crippen LogP contribution in [0.2, 0.25) is 0 Å². The van der Waals surface area contributed by atoms with E-state index in [-0.39, 0.29) is 19.6 Å². The molecule has 140 valence electrons. The summed E-state index contributed by atoms with van der Waals surface area (Å²) in [6.45, 7) is 1.73. The first kappa shape index (κ1) is 18.7. The lowest BCUT2D eigenvalue weighted by Crippen LogP contribution is -2.33. The van der Waals surface area contributed by atoms with Crippen LogP contribution in [0.15, 0.2) is 29.6 Å². The van der Waals surface area contributed by atoms with Gasteiger partial charge in [-0.3, -0.25) is 9.69 Å². The highest BCUT2D eigenvalue weighted by Gasteiger charge is 2.52. The number of anilines is 2. The molecule has 9 heteroatoms. The van der Waals surface area contributed by atoms with E-state index in [1.807, 2.05) is 31.2 Å². The lowest BCUT2D eigenvalue weighted by Gasteiger charge is -2.18. The van der Waals surface area contributed by atoms with Gasteiger partial charge in [0.1, 0.15) is 0 Å². The van der Waals surface area contributed by atoms with Crippen molar-refractivity contribution < 1.29 is 23.1 Å². The summed E-state index contributed by atoms with van der Waals surface area (Å²) in [6.07, 6.45) is -4.52. The minimum atomic E-state index is -4.52. The van der Waals surface area contributed by atoms with Gasteiger partial charge in [0.25, 0.3) is 0 Å². The summed E-state index contributed by atoms with van der Waals surface area (Å²) in [7, 11) is 0. The molecule has 0 spiro atoms. The van der Waals surface area contributed by atoms with Crippen molar-refractivity contribution in [2.24, 2.45) is 11.8 Å². The van der Waals surface area contributed by atoms with E-state index in [4.69, 9.17) is 5.11 Å². The zero-order valence-electron chi connectivity index (χ0n) is 14.0. The fraction of sp³-hybridized carbons (Fsp3) is 0.412. The summed E-state index contributed by atoms with van der Waals surface area (Å²) in [5, 5.41) is 14.6. The molecular formula is C17H18F3N3O2S. The molecule has 2 heterocycles. The first-order valence-electron chi connectivity index (χ1n) is 8.02. The molecule has 1 aromatic carbocycles. The van der Waals surface area contributed by atoms with Crippen LogP contribution in [0.3, 0.4) is 0 Å². The number of aromatic nitrogens is 1. The molecular weight excluding hydrogens is 367 g/mol. The van der Waals surface area contributed by atoms with Gasteiger partial charge in [-0.05, 0) is 19.1 Å². The number of aliphatic carboxylic acids is 1. The van der Waals surface area contributed by atoms with Gasteiger partial charge in [0.15, 0.2) is 5.13 Å². The number of carbonyl (C=O) groups is 1. The van der Waals surface area contributed by atoms with Crippen LogP contribution in [0, 0.1) is 18.8 Å². The number of likely N-dealkylation sites (tertiary alicyclic amines) is 1. The van der Waals surface area contributed by atoms with Crippen molar-refractivity contribution >= 4 is 28.1 Å². The number of halogens is 3. The van der Waals surface area contributed by atoms with Crippen LogP contribution >= 0.6 is 11.3 Å². The van der Waals surface area contributed by atoms with Gasteiger partial charge in [-0.2, -0.15) is 13.2 Å². The fourth-order valence-corrected chi connectivity index (χ4v) is 3.74. The molecule has 1 aromatic heterocycles. The van der Waals surface area contributed by atoms with Crippen molar-refractivity contribution in [3.63, 3.8) is 0 Å². The molecule has 2 aromatic rings. The van der Waals surface area contributed by atoms with Crippen molar-refractivity contribution in [3.8, 4) is 0 Å². The number of nitrogens with one attached hydrogen (secondary N) is 1. The summed E-state index contributed by atoms with van der Waals surface area (Å²) in [4.78, 5) is 17.0. The van der Waals surface area contributed by atoms with Gasteiger partial charge in [0, 0.05) is 30.7 Å². The molecule has 2 atom stereocenters. The number of hydrogen-bond donors (Lipinski definition) is 2. The van der Waals surface area contributed by atoms with E-state index >= 15 is 0 Å². The average molecular weight is 385 g/mol. The number of alkyl halides is 3. The maximum atomic E-state index is 13.0. The van der Waals surface area contributed by atoms with Crippen LogP contribution in [0.5, 0.6) is 0 Å². The molecule has 0 aliphatic carbocycles. The van der Waals surface area contributed by atoms with Gasteiger partial charge < -0.3 is 10.4 Å². The normalized spacial score (nSPS) is 21.1. The summed E-state index contributed by atoms with van der Waals surface area (Å²) in [5.74, 6) is -4.68. The standard InChI is InChI=1S/C17H18F3N3O2S/c1-10-2-4-11(5-3-10)21-16-22-12(9-26-16)6-23-7-13(15(24)25)14(8-23)17(18,19)20/h2-5,9,13-14H,6-8H2,1H3,(H,21,22)(H,24,25)/t13-,14-/m1/s1. The monoisotopic (exact) mass is 385 g/mol. The van der Waals surface area contributed by atoms with E-state index in [9.17, 15) is 18.0 Å². The van der Waals surface area contributed by atoms with E-state index in [1.54, 1.807) is 5.38 Å². The second-order valence-electron chi connectivity index (χ2n) is 6.42. The maximum absolute atomic E-state index is 13.0. The Morgan fingerprint density at radius 1 is 1.35 bits per heavy atom. The predicted molar refractivity (Wildman–Crippen MR) is 92.5 cm³/mol. The number of aryl methyl sites for hydroxylation is 1. The second-order valence-corrected chi connectivity index (χ2v) is 7.28. The maximum Gasteiger partial charge on any atom is 0.393 e. The topological polar surface area (TPSA) is 65.5 Å². The van der Waals surface area contributed by atoms with Crippen LogP contribution in [0.4, 0.5) is 24.0 Å². The summed E-state index contributed by atoms with van der Waals surface area (Å²) in [6, 6.07) is 7.76. The fourth-order valence-electron chi connectivity index (χ4n) is 3.02. The highest BCUT2D eigenvalue weighted by atomic mass is 32.1. The van der Waals surface area contributed by atoms with E-state index in [0.29, 0.717) is 10.8 Å². The minimum Gasteiger partial charge on any atom is -0.481 e. The molecule has 0 bridgehead atoms. The molecule has 1 aliphatic rings. The summed E-state index contributed by atoms with van der Waals surface area (Å²) in [5.41, 5.74) is 2.63. The third-order valence-corrected chi connectivity index (χ3v) is 5.18. The quantitative estimate of drug-likeness (QED) is 0.818. The number of carboxylic acids is 1. The van der Waals surface area contributed by atoms with Crippen molar-refractivity contribution in [3.05, 3.63) is 40.9 Å². The first-order valence-corrected chi connectivity index (χ1v) is 8.90.